The number of anilines is 2. The third-order valence-corrected chi connectivity index (χ3v) is 3.71. The van der Waals surface area contributed by atoms with E-state index in [0.717, 1.165) is 17.8 Å². The van der Waals surface area contributed by atoms with E-state index >= 15 is 0 Å². The highest BCUT2D eigenvalue weighted by Crippen LogP contribution is 2.37. The van der Waals surface area contributed by atoms with Crippen LogP contribution in [0.1, 0.15) is 31.1 Å². The summed E-state index contributed by atoms with van der Waals surface area (Å²) in [7, 11) is 0. The molecule has 2 atom stereocenters. The van der Waals surface area contributed by atoms with E-state index in [9.17, 15) is 5.11 Å². The molecule has 3 nitrogen and oxygen atoms in total. The maximum absolute atomic E-state index is 9.54. The summed E-state index contributed by atoms with van der Waals surface area (Å²) in [6.07, 6.45) is 2.34. The largest absolute Gasteiger partial charge is 0.389 e. The van der Waals surface area contributed by atoms with Crippen LogP contribution in [0.4, 0.5) is 11.5 Å². The van der Waals surface area contributed by atoms with Gasteiger partial charge in [-0.2, -0.15) is 0 Å². The van der Waals surface area contributed by atoms with Gasteiger partial charge in [-0.05, 0) is 43.5 Å². The van der Waals surface area contributed by atoms with Crippen molar-refractivity contribution >= 4 is 11.5 Å². The number of aliphatic hydroxyl groups excluding tert-OH is 1. The lowest BCUT2D eigenvalue weighted by Crippen LogP contribution is -2.24. The second kappa shape index (κ2) is 4.67. The Bertz CT molecular complexity index is 578. The average molecular weight is 254 g/mol. The number of fused-ring (bicyclic) bond motifs is 1. The summed E-state index contributed by atoms with van der Waals surface area (Å²) >= 11 is 0. The van der Waals surface area contributed by atoms with E-state index in [1.165, 1.54) is 11.3 Å². The first-order valence-electron chi connectivity index (χ1n) is 6.68. The summed E-state index contributed by atoms with van der Waals surface area (Å²) in [4.78, 5) is 6.76. The number of hydrogen-bond donors (Lipinski definition) is 1. The van der Waals surface area contributed by atoms with Crippen LogP contribution in [0.5, 0.6) is 0 Å². The molecule has 1 aromatic heterocycles. The number of pyridine rings is 1. The normalized spacial score (nSPS) is 19.3. The van der Waals surface area contributed by atoms with Gasteiger partial charge in [-0.25, -0.2) is 4.98 Å². The van der Waals surface area contributed by atoms with Crippen LogP contribution in [0.15, 0.2) is 42.6 Å². The Morgan fingerprint density at radius 3 is 2.74 bits per heavy atom. The Labute approximate surface area is 113 Å². The van der Waals surface area contributed by atoms with E-state index in [4.69, 9.17) is 0 Å². The maximum Gasteiger partial charge on any atom is 0.133 e. The zero-order valence-corrected chi connectivity index (χ0v) is 11.2. The molecule has 0 fully saturated rings. The minimum atomic E-state index is -0.468. The van der Waals surface area contributed by atoms with Crippen molar-refractivity contribution in [2.45, 2.75) is 32.4 Å². The summed E-state index contributed by atoms with van der Waals surface area (Å²) in [6.45, 7) is 3.97. The van der Waals surface area contributed by atoms with Gasteiger partial charge in [0.15, 0.2) is 0 Å². The average Bonchev–Trinajstić information content (AvgIpc) is 2.74. The third-order valence-electron chi connectivity index (χ3n) is 3.71. The van der Waals surface area contributed by atoms with Gasteiger partial charge in [0.1, 0.15) is 5.82 Å². The van der Waals surface area contributed by atoms with Crippen molar-refractivity contribution in [3.63, 3.8) is 0 Å². The van der Waals surface area contributed by atoms with Crippen LogP contribution in [-0.4, -0.2) is 16.1 Å². The molecule has 2 aromatic rings. The first-order chi connectivity index (χ1) is 9.16. The molecule has 0 radical (unpaired) electrons. The summed E-state index contributed by atoms with van der Waals surface area (Å²) < 4.78 is 0. The van der Waals surface area contributed by atoms with E-state index < -0.39 is 6.10 Å². The summed E-state index contributed by atoms with van der Waals surface area (Å²) in [5.74, 6) is 0.946. The molecule has 3 rings (SSSR count). The van der Waals surface area contributed by atoms with Gasteiger partial charge in [-0.15, -0.1) is 0 Å². The summed E-state index contributed by atoms with van der Waals surface area (Å²) in [5.41, 5.74) is 3.47. The SMILES string of the molecule is CC1Cc2ccccc2N1c1ccc([C@@H](C)O)cn1. The number of aliphatic hydroxyl groups is 1. The standard InChI is InChI=1S/C16H18N2O/c1-11-9-13-5-3-4-6-15(13)18(11)16-8-7-14(10-17-16)12(2)19/h3-8,10-12,19H,9H2,1-2H3/t11?,12-/m1/s1. The highest BCUT2D eigenvalue weighted by atomic mass is 16.3. The van der Waals surface area contributed by atoms with E-state index in [1.807, 2.05) is 12.1 Å². The predicted octanol–water partition coefficient (Wildman–Crippen LogP) is 3.22. The van der Waals surface area contributed by atoms with E-state index in [2.05, 4.69) is 41.1 Å². The minimum absolute atomic E-state index is 0.419. The molecule has 0 spiro atoms. The predicted molar refractivity (Wildman–Crippen MR) is 76.6 cm³/mol. The second-order valence-corrected chi connectivity index (χ2v) is 5.18. The van der Waals surface area contributed by atoms with Gasteiger partial charge in [0.25, 0.3) is 0 Å². The van der Waals surface area contributed by atoms with Crippen LogP contribution in [0.3, 0.4) is 0 Å². The van der Waals surface area contributed by atoms with Crippen molar-refractivity contribution in [1.82, 2.24) is 4.98 Å². The Hall–Kier alpha value is -1.87. The van der Waals surface area contributed by atoms with Crippen molar-refractivity contribution in [2.75, 3.05) is 4.90 Å². The molecule has 0 amide bonds. The summed E-state index contributed by atoms with van der Waals surface area (Å²) in [5, 5.41) is 9.54. The molecule has 1 aliphatic heterocycles. The molecule has 0 saturated heterocycles. The van der Waals surface area contributed by atoms with Crippen LogP contribution >= 0.6 is 0 Å². The number of benzene rings is 1. The fourth-order valence-corrected chi connectivity index (χ4v) is 2.70. The molecule has 1 unspecified atom stereocenters. The molecular formula is C16H18N2O. The van der Waals surface area contributed by atoms with Gasteiger partial charge >= 0.3 is 0 Å². The molecule has 0 aliphatic carbocycles. The van der Waals surface area contributed by atoms with Crippen molar-refractivity contribution in [2.24, 2.45) is 0 Å². The molecule has 1 N–H and O–H groups in total. The molecule has 0 saturated carbocycles. The Balaban J connectivity index is 1.98. The van der Waals surface area contributed by atoms with Crippen molar-refractivity contribution in [3.05, 3.63) is 53.7 Å². The number of hydrogen-bond acceptors (Lipinski definition) is 3. The Kier molecular flexibility index (Phi) is 2.99. The lowest BCUT2D eigenvalue weighted by Gasteiger charge is -2.24. The third kappa shape index (κ3) is 2.10. The Morgan fingerprint density at radius 2 is 2.05 bits per heavy atom. The van der Waals surface area contributed by atoms with Crippen LogP contribution in [0, 0.1) is 0 Å². The summed E-state index contributed by atoms with van der Waals surface area (Å²) in [6, 6.07) is 12.8. The first-order valence-corrected chi connectivity index (χ1v) is 6.68. The van der Waals surface area contributed by atoms with Crippen molar-refractivity contribution in [3.8, 4) is 0 Å². The lowest BCUT2D eigenvalue weighted by molar-refractivity contribution is 0.199. The highest BCUT2D eigenvalue weighted by Gasteiger charge is 2.27. The number of para-hydroxylation sites is 1. The number of rotatable bonds is 2. The van der Waals surface area contributed by atoms with Crippen molar-refractivity contribution in [1.29, 1.82) is 0 Å². The van der Waals surface area contributed by atoms with Crippen LogP contribution in [-0.2, 0) is 6.42 Å². The molecule has 19 heavy (non-hydrogen) atoms. The van der Waals surface area contributed by atoms with E-state index in [-0.39, 0.29) is 0 Å². The smallest absolute Gasteiger partial charge is 0.133 e. The maximum atomic E-state index is 9.54. The second-order valence-electron chi connectivity index (χ2n) is 5.18. The van der Waals surface area contributed by atoms with Crippen LogP contribution in [0.2, 0.25) is 0 Å². The van der Waals surface area contributed by atoms with Gasteiger partial charge in [0.2, 0.25) is 0 Å². The van der Waals surface area contributed by atoms with Gasteiger partial charge in [0.05, 0.1) is 6.10 Å². The van der Waals surface area contributed by atoms with Crippen LogP contribution in [0.25, 0.3) is 0 Å². The van der Waals surface area contributed by atoms with Crippen molar-refractivity contribution < 1.29 is 5.11 Å². The first kappa shape index (κ1) is 12.2. The molecule has 0 bridgehead atoms. The molecular weight excluding hydrogens is 236 g/mol. The zero-order chi connectivity index (χ0) is 13.4. The fourth-order valence-electron chi connectivity index (χ4n) is 2.70. The number of aromatic nitrogens is 1. The molecule has 1 aromatic carbocycles. The zero-order valence-electron chi connectivity index (χ0n) is 11.2. The topological polar surface area (TPSA) is 36.4 Å². The van der Waals surface area contributed by atoms with E-state index in [1.54, 1.807) is 13.1 Å². The highest BCUT2D eigenvalue weighted by molar-refractivity contribution is 5.68. The fraction of sp³-hybridized carbons (Fsp3) is 0.312. The van der Waals surface area contributed by atoms with E-state index in [0.29, 0.717) is 6.04 Å². The minimum Gasteiger partial charge on any atom is -0.389 e. The lowest BCUT2D eigenvalue weighted by atomic mass is 10.1. The van der Waals surface area contributed by atoms with Crippen LogP contribution < -0.4 is 4.90 Å². The molecule has 3 heteroatoms. The molecule has 98 valence electrons. The molecule has 1 aliphatic rings. The quantitative estimate of drug-likeness (QED) is 0.894. The van der Waals surface area contributed by atoms with Gasteiger partial charge in [-0.1, -0.05) is 24.3 Å². The monoisotopic (exact) mass is 254 g/mol. The van der Waals surface area contributed by atoms with Gasteiger partial charge < -0.3 is 10.0 Å². The number of nitrogens with zero attached hydrogens (tertiary/aromatic N) is 2. The Morgan fingerprint density at radius 1 is 1.26 bits per heavy atom. The molecule has 2 heterocycles. The van der Waals surface area contributed by atoms with Gasteiger partial charge in [-0.3, -0.25) is 0 Å². The van der Waals surface area contributed by atoms with Gasteiger partial charge in [0, 0.05) is 17.9 Å².